The minimum Gasteiger partial charge on any atom is -0.313 e. The van der Waals surface area contributed by atoms with Crippen molar-refractivity contribution in [2.75, 3.05) is 5.75 Å². The molecule has 20 heavy (non-hydrogen) atoms. The normalized spacial score (nSPS) is 25.9. The third-order valence-electron chi connectivity index (χ3n) is 4.06. The molecular formula is C14H17N5S. The van der Waals surface area contributed by atoms with Crippen LogP contribution >= 0.6 is 11.8 Å². The first-order valence-electron chi connectivity index (χ1n) is 6.86. The predicted molar refractivity (Wildman–Crippen MR) is 78.2 cm³/mol. The van der Waals surface area contributed by atoms with Crippen LogP contribution in [0.1, 0.15) is 25.7 Å². The van der Waals surface area contributed by atoms with E-state index in [2.05, 4.69) is 16.3 Å². The number of aromatic nitrogens is 3. The lowest BCUT2D eigenvalue weighted by Crippen LogP contribution is -2.41. The molecule has 1 fully saturated rings. The number of pyridine rings is 1. The zero-order valence-corrected chi connectivity index (χ0v) is 12.0. The summed E-state index contributed by atoms with van der Waals surface area (Å²) in [5.41, 5.74) is 6.39. The SMILES string of the molecule is N#CC1(N)CCCC1CCSc1nnc2ccccn12. The number of nitrogens with two attached hydrogens (primary N) is 1. The Kier molecular flexibility index (Phi) is 3.64. The van der Waals surface area contributed by atoms with Crippen LogP contribution < -0.4 is 5.73 Å². The van der Waals surface area contributed by atoms with E-state index in [0.29, 0.717) is 5.92 Å². The van der Waals surface area contributed by atoms with Gasteiger partial charge in [0.25, 0.3) is 0 Å². The first-order valence-corrected chi connectivity index (χ1v) is 7.84. The van der Waals surface area contributed by atoms with E-state index in [1.165, 1.54) is 0 Å². The molecule has 2 N–H and O–H groups in total. The van der Waals surface area contributed by atoms with Crippen molar-refractivity contribution in [1.82, 2.24) is 14.6 Å². The van der Waals surface area contributed by atoms with Gasteiger partial charge in [-0.25, -0.2) is 0 Å². The minimum absolute atomic E-state index is 0.305. The molecule has 0 aromatic carbocycles. The molecule has 0 spiro atoms. The van der Waals surface area contributed by atoms with Gasteiger partial charge in [0, 0.05) is 11.9 Å². The summed E-state index contributed by atoms with van der Waals surface area (Å²) in [4.78, 5) is 0. The summed E-state index contributed by atoms with van der Waals surface area (Å²) in [5, 5.41) is 18.4. The molecule has 2 aromatic rings. The van der Waals surface area contributed by atoms with E-state index in [0.717, 1.165) is 42.2 Å². The fourth-order valence-corrected chi connectivity index (χ4v) is 3.84. The van der Waals surface area contributed by atoms with E-state index < -0.39 is 5.54 Å². The molecule has 2 heterocycles. The molecule has 5 nitrogen and oxygen atoms in total. The third kappa shape index (κ3) is 2.39. The average molecular weight is 287 g/mol. The van der Waals surface area contributed by atoms with Crippen molar-refractivity contribution in [3.63, 3.8) is 0 Å². The summed E-state index contributed by atoms with van der Waals surface area (Å²) in [7, 11) is 0. The summed E-state index contributed by atoms with van der Waals surface area (Å²) in [6, 6.07) is 8.16. The number of hydrogen-bond acceptors (Lipinski definition) is 5. The largest absolute Gasteiger partial charge is 0.313 e. The molecule has 0 saturated heterocycles. The highest BCUT2D eigenvalue weighted by Gasteiger charge is 2.39. The maximum atomic E-state index is 9.21. The van der Waals surface area contributed by atoms with Crippen molar-refractivity contribution in [3.05, 3.63) is 24.4 Å². The lowest BCUT2D eigenvalue weighted by Gasteiger charge is -2.23. The Bertz CT molecular complexity index is 646. The monoisotopic (exact) mass is 287 g/mol. The first-order chi connectivity index (χ1) is 9.73. The second-order valence-corrected chi connectivity index (χ2v) is 6.35. The van der Waals surface area contributed by atoms with Gasteiger partial charge in [-0.1, -0.05) is 24.2 Å². The fraction of sp³-hybridized carbons (Fsp3) is 0.500. The number of hydrogen-bond donors (Lipinski definition) is 1. The zero-order valence-electron chi connectivity index (χ0n) is 11.2. The van der Waals surface area contributed by atoms with Crippen LogP contribution in [0.4, 0.5) is 0 Å². The molecule has 2 unspecified atom stereocenters. The van der Waals surface area contributed by atoms with Gasteiger partial charge in [-0.2, -0.15) is 5.26 Å². The van der Waals surface area contributed by atoms with Crippen molar-refractivity contribution in [2.24, 2.45) is 11.7 Å². The molecular weight excluding hydrogens is 270 g/mol. The highest BCUT2D eigenvalue weighted by Crippen LogP contribution is 2.36. The van der Waals surface area contributed by atoms with Gasteiger partial charge < -0.3 is 5.73 Å². The maximum absolute atomic E-state index is 9.21. The molecule has 1 aliphatic rings. The lowest BCUT2D eigenvalue weighted by atomic mass is 9.88. The smallest absolute Gasteiger partial charge is 0.195 e. The van der Waals surface area contributed by atoms with Gasteiger partial charge in [0.1, 0.15) is 5.54 Å². The minimum atomic E-state index is -0.618. The van der Waals surface area contributed by atoms with Gasteiger partial charge in [0.2, 0.25) is 0 Å². The van der Waals surface area contributed by atoms with E-state index in [1.54, 1.807) is 11.8 Å². The molecule has 2 aromatic heterocycles. The van der Waals surface area contributed by atoms with Gasteiger partial charge in [0.05, 0.1) is 6.07 Å². The van der Waals surface area contributed by atoms with E-state index in [9.17, 15) is 5.26 Å². The topological polar surface area (TPSA) is 80.0 Å². The van der Waals surface area contributed by atoms with Crippen molar-refractivity contribution in [3.8, 4) is 6.07 Å². The van der Waals surface area contributed by atoms with Gasteiger partial charge in [0.15, 0.2) is 10.8 Å². The Labute approximate surface area is 122 Å². The quantitative estimate of drug-likeness (QED) is 0.872. The number of thioether (sulfide) groups is 1. The first kappa shape index (κ1) is 13.4. The van der Waals surface area contributed by atoms with E-state index in [1.807, 2.05) is 28.8 Å². The van der Waals surface area contributed by atoms with Crippen LogP contribution in [0.25, 0.3) is 5.65 Å². The Balaban J connectivity index is 1.62. The molecule has 0 aliphatic heterocycles. The van der Waals surface area contributed by atoms with Gasteiger partial charge in [-0.05, 0) is 37.3 Å². The fourth-order valence-electron chi connectivity index (χ4n) is 2.86. The summed E-state index contributed by atoms with van der Waals surface area (Å²) in [6.07, 6.45) is 5.87. The van der Waals surface area contributed by atoms with Crippen LogP contribution in [0.5, 0.6) is 0 Å². The second-order valence-electron chi connectivity index (χ2n) is 5.29. The third-order valence-corrected chi connectivity index (χ3v) is 5.04. The number of nitrogens with zero attached hydrogens (tertiary/aromatic N) is 4. The van der Waals surface area contributed by atoms with Crippen molar-refractivity contribution in [2.45, 2.75) is 36.4 Å². The van der Waals surface area contributed by atoms with Crippen molar-refractivity contribution in [1.29, 1.82) is 5.26 Å². The average Bonchev–Trinajstić information content (AvgIpc) is 3.05. The predicted octanol–water partition coefficient (Wildman–Crippen LogP) is 2.23. The Hall–Kier alpha value is -1.58. The van der Waals surface area contributed by atoms with Gasteiger partial charge >= 0.3 is 0 Å². The van der Waals surface area contributed by atoms with Crippen molar-refractivity contribution < 1.29 is 0 Å². The molecule has 2 atom stereocenters. The van der Waals surface area contributed by atoms with Crippen LogP contribution in [-0.2, 0) is 0 Å². The highest BCUT2D eigenvalue weighted by molar-refractivity contribution is 7.99. The number of fused-ring (bicyclic) bond motifs is 1. The summed E-state index contributed by atoms with van der Waals surface area (Å²) in [6.45, 7) is 0. The van der Waals surface area contributed by atoms with Gasteiger partial charge in [-0.3, -0.25) is 4.40 Å². The van der Waals surface area contributed by atoms with Crippen LogP contribution in [0.3, 0.4) is 0 Å². The standard InChI is InChI=1S/C14H17N5S/c15-10-14(16)7-3-4-11(14)6-9-20-13-18-17-12-5-1-2-8-19(12)13/h1-2,5,8,11H,3-4,6-7,9,16H2. The summed E-state index contributed by atoms with van der Waals surface area (Å²) >= 11 is 1.68. The zero-order chi connectivity index (χ0) is 14.0. The second kappa shape index (κ2) is 5.43. The Morgan fingerprint density at radius 3 is 3.25 bits per heavy atom. The highest BCUT2D eigenvalue weighted by atomic mass is 32.2. The van der Waals surface area contributed by atoms with Gasteiger partial charge in [-0.15, -0.1) is 10.2 Å². The lowest BCUT2D eigenvalue weighted by molar-refractivity contribution is 0.389. The molecule has 3 rings (SSSR count). The van der Waals surface area contributed by atoms with E-state index in [4.69, 9.17) is 5.73 Å². The van der Waals surface area contributed by atoms with Crippen LogP contribution in [0.15, 0.2) is 29.6 Å². The van der Waals surface area contributed by atoms with E-state index >= 15 is 0 Å². The van der Waals surface area contributed by atoms with Crippen LogP contribution in [0.2, 0.25) is 0 Å². The summed E-state index contributed by atoms with van der Waals surface area (Å²) < 4.78 is 1.99. The molecule has 1 saturated carbocycles. The summed E-state index contributed by atoms with van der Waals surface area (Å²) in [5.74, 6) is 1.22. The van der Waals surface area contributed by atoms with Crippen molar-refractivity contribution >= 4 is 17.4 Å². The molecule has 1 aliphatic carbocycles. The Morgan fingerprint density at radius 2 is 2.40 bits per heavy atom. The Morgan fingerprint density at radius 1 is 1.50 bits per heavy atom. The van der Waals surface area contributed by atoms with Crippen LogP contribution in [0, 0.1) is 17.2 Å². The molecule has 0 bridgehead atoms. The maximum Gasteiger partial charge on any atom is 0.195 e. The van der Waals surface area contributed by atoms with Crippen LogP contribution in [-0.4, -0.2) is 25.9 Å². The molecule has 0 radical (unpaired) electrons. The molecule has 0 amide bonds. The molecule has 6 heteroatoms. The number of rotatable bonds is 4. The molecule has 104 valence electrons. The van der Waals surface area contributed by atoms with E-state index in [-0.39, 0.29) is 0 Å². The number of nitriles is 1.